The van der Waals surface area contributed by atoms with Gasteiger partial charge in [-0.15, -0.1) is 0 Å². The van der Waals surface area contributed by atoms with E-state index < -0.39 is 0 Å². The van der Waals surface area contributed by atoms with E-state index in [1.807, 2.05) is 0 Å². The molecule has 2 heterocycles. The molecule has 1 aromatic heterocycles. The van der Waals surface area contributed by atoms with Crippen LogP contribution in [0.4, 0.5) is 0 Å². The number of piperidine rings is 1. The Morgan fingerprint density at radius 2 is 1.93 bits per heavy atom. The van der Waals surface area contributed by atoms with Crippen LogP contribution in [0.25, 0.3) is 0 Å². The minimum atomic E-state index is -0.0896. The zero-order valence-corrected chi connectivity index (χ0v) is 17.1. The van der Waals surface area contributed by atoms with Crippen molar-refractivity contribution in [3.63, 3.8) is 0 Å². The summed E-state index contributed by atoms with van der Waals surface area (Å²) in [5.74, 6) is 1.61. The van der Waals surface area contributed by atoms with Gasteiger partial charge in [-0.1, -0.05) is 54.2 Å². The molecule has 28 heavy (non-hydrogen) atoms. The van der Waals surface area contributed by atoms with E-state index in [0.29, 0.717) is 6.04 Å². The monoisotopic (exact) mass is 383 g/mol. The van der Waals surface area contributed by atoms with Crippen molar-refractivity contribution in [3.05, 3.63) is 47.1 Å². The highest BCUT2D eigenvalue weighted by atomic mass is 16.5. The second-order valence-corrected chi connectivity index (χ2v) is 8.65. The number of aliphatic hydroxyl groups is 1. The third-order valence-corrected chi connectivity index (χ3v) is 6.74. The molecule has 1 saturated heterocycles. The average molecular weight is 384 g/mol. The smallest absolute Gasteiger partial charge is 0.240 e. The fourth-order valence-corrected chi connectivity index (χ4v) is 5.10. The van der Waals surface area contributed by atoms with Gasteiger partial charge in [0.15, 0.2) is 5.82 Å². The molecule has 2 aromatic rings. The first-order valence-corrected chi connectivity index (χ1v) is 11.0. The summed E-state index contributed by atoms with van der Waals surface area (Å²) in [4.78, 5) is 7.38. The first kappa shape index (κ1) is 19.6. The quantitative estimate of drug-likeness (QED) is 0.769. The largest absolute Gasteiger partial charge is 0.396 e. The molecule has 0 unspecified atom stereocenters. The predicted octanol–water partition coefficient (Wildman–Crippen LogP) is 4.37. The average Bonchev–Trinajstić information content (AvgIpc) is 3.38. The summed E-state index contributed by atoms with van der Waals surface area (Å²) in [7, 11) is 0. The van der Waals surface area contributed by atoms with Gasteiger partial charge in [-0.3, -0.25) is 4.90 Å². The van der Waals surface area contributed by atoms with Crippen molar-refractivity contribution in [2.24, 2.45) is 0 Å². The number of hydrogen-bond donors (Lipinski definition) is 1. The van der Waals surface area contributed by atoms with Gasteiger partial charge in [-0.2, -0.15) is 4.98 Å². The lowest BCUT2D eigenvalue weighted by molar-refractivity contribution is 0.110. The highest BCUT2D eigenvalue weighted by molar-refractivity contribution is 5.35. The standard InChI is InChI=1S/C23H33N3O2/c1-18-9-11-19(12-10-18)23(13-3-4-14-23)22-24-21(28-25-22)17-26-15-5-2-7-20(26)8-6-16-27/h9-12,20,27H,2-8,13-17H2,1H3/t20-/m1/s1. The number of nitrogens with zero attached hydrogens (tertiary/aromatic N) is 3. The van der Waals surface area contributed by atoms with Crippen molar-refractivity contribution in [3.8, 4) is 0 Å². The van der Waals surface area contributed by atoms with Crippen molar-refractivity contribution >= 4 is 0 Å². The summed E-state index contributed by atoms with van der Waals surface area (Å²) in [6.07, 6.45) is 10.2. The predicted molar refractivity (Wildman–Crippen MR) is 109 cm³/mol. The lowest BCUT2D eigenvalue weighted by Crippen LogP contribution is -2.39. The van der Waals surface area contributed by atoms with E-state index in [-0.39, 0.29) is 12.0 Å². The molecule has 2 fully saturated rings. The van der Waals surface area contributed by atoms with Crippen LogP contribution in [0.5, 0.6) is 0 Å². The van der Waals surface area contributed by atoms with Crippen LogP contribution < -0.4 is 0 Å². The first-order valence-electron chi connectivity index (χ1n) is 11.0. The Kier molecular flexibility index (Phi) is 6.12. The second-order valence-electron chi connectivity index (χ2n) is 8.65. The Bertz CT molecular complexity index is 749. The molecule has 1 atom stereocenters. The van der Waals surface area contributed by atoms with Gasteiger partial charge in [0.25, 0.3) is 0 Å². The van der Waals surface area contributed by atoms with Crippen LogP contribution in [0, 0.1) is 6.92 Å². The highest BCUT2D eigenvalue weighted by Gasteiger charge is 2.41. The maximum atomic E-state index is 9.19. The van der Waals surface area contributed by atoms with Crippen molar-refractivity contribution in [1.82, 2.24) is 15.0 Å². The first-order chi connectivity index (χ1) is 13.7. The van der Waals surface area contributed by atoms with E-state index in [1.165, 1.54) is 43.2 Å². The van der Waals surface area contributed by atoms with E-state index in [4.69, 9.17) is 9.51 Å². The third kappa shape index (κ3) is 4.01. The van der Waals surface area contributed by atoms with Crippen LogP contribution in [-0.2, 0) is 12.0 Å². The van der Waals surface area contributed by atoms with Gasteiger partial charge in [-0.25, -0.2) is 0 Å². The van der Waals surface area contributed by atoms with Crippen LogP contribution >= 0.6 is 0 Å². The molecule has 5 nitrogen and oxygen atoms in total. The van der Waals surface area contributed by atoms with Gasteiger partial charge >= 0.3 is 0 Å². The molecule has 5 heteroatoms. The summed E-state index contributed by atoms with van der Waals surface area (Å²) in [6.45, 7) is 4.21. The Labute approximate surface area is 168 Å². The van der Waals surface area contributed by atoms with Gasteiger partial charge in [0.05, 0.1) is 12.0 Å². The molecule has 1 aliphatic heterocycles. The minimum absolute atomic E-state index is 0.0896. The van der Waals surface area contributed by atoms with E-state index in [9.17, 15) is 5.11 Å². The van der Waals surface area contributed by atoms with Gasteiger partial charge in [0.2, 0.25) is 5.89 Å². The van der Waals surface area contributed by atoms with Gasteiger partial charge in [-0.05, 0) is 57.6 Å². The van der Waals surface area contributed by atoms with Gasteiger partial charge in [0.1, 0.15) is 0 Å². The Morgan fingerprint density at radius 3 is 2.68 bits per heavy atom. The van der Waals surface area contributed by atoms with Crippen molar-refractivity contribution in [1.29, 1.82) is 0 Å². The number of aliphatic hydroxyl groups excluding tert-OH is 1. The number of aryl methyl sites for hydroxylation is 1. The maximum absolute atomic E-state index is 9.19. The molecule has 0 spiro atoms. The van der Waals surface area contributed by atoms with E-state index >= 15 is 0 Å². The van der Waals surface area contributed by atoms with E-state index in [2.05, 4.69) is 41.2 Å². The maximum Gasteiger partial charge on any atom is 0.240 e. The Hall–Kier alpha value is -1.72. The van der Waals surface area contributed by atoms with Gasteiger partial charge in [0, 0.05) is 12.6 Å². The molecule has 2 aliphatic rings. The molecule has 0 bridgehead atoms. The fourth-order valence-electron chi connectivity index (χ4n) is 5.10. The van der Waals surface area contributed by atoms with Gasteiger partial charge < -0.3 is 9.63 Å². The third-order valence-electron chi connectivity index (χ3n) is 6.74. The van der Waals surface area contributed by atoms with Crippen LogP contribution in [0.15, 0.2) is 28.8 Å². The topological polar surface area (TPSA) is 62.4 Å². The zero-order chi connectivity index (χ0) is 19.4. The van der Waals surface area contributed by atoms with Crippen molar-refractivity contribution in [2.75, 3.05) is 13.2 Å². The van der Waals surface area contributed by atoms with E-state index in [0.717, 1.165) is 50.5 Å². The molecule has 152 valence electrons. The molecule has 1 N–H and O–H groups in total. The lowest BCUT2D eigenvalue weighted by Gasteiger charge is -2.34. The highest BCUT2D eigenvalue weighted by Crippen LogP contribution is 2.45. The van der Waals surface area contributed by atoms with Crippen molar-refractivity contribution < 1.29 is 9.63 Å². The summed E-state index contributed by atoms with van der Waals surface area (Å²) in [5.41, 5.74) is 2.51. The summed E-state index contributed by atoms with van der Waals surface area (Å²) in [6, 6.07) is 9.39. The molecule has 0 radical (unpaired) electrons. The summed E-state index contributed by atoms with van der Waals surface area (Å²) >= 11 is 0. The molecule has 4 rings (SSSR count). The van der Waals surface area contributed by atoms with Crippen LogP contribution in [0.3, 0.4) is 0 Å². The molecule has 1 aliphatic carbocycles. The fraction of sp³-hybridized carbons (Fsp3) is 0.652. The zero-order valence-electron chi connectivity index (χ0n) is 17.1. The van der Waals surface area contributed by atoms with Crippen LogP contribution in [-0.4, -0.2) is 39.3 Å². The summed E-state index contributed by atoms with van der Waals surface area (Å²) < 4.78 is 5.75. The van der Waals surface area contributed by atoms with Crippen LogP contribution in [0.2, 0.25) is 0 Å². The van der Waals surface area contributed by atoms with Crippen LogP contribution in [0.1, 0.15) is 80.6 Å². The minimum Gasteiger partial charge on any atom is -0.396 e. The Morgan fingerprint density at radius 1 is 1.14 bits per heavy atom. The number of hydrogen-bond acceptors (Lipinski definition) is 5. The molecule has 1 saturated carbocycles. The normalized spacial score (nSPS) is 22.6. The molecular formula is C23H33N3O2. The SMILES string of the molecule is Cc1ccc(C2(c3noc(CN4CCCC[C@@H]4CCCO)n3)CCCC2)cc1. The number of likely N-dealkylation sites (tertiary alicyclic amines) is 1. The second kappa shape index (κ2) is 8.75. The number of benzene rings is 1. The summed E-state index contributed by atoms with van der Waals surface area (Å²) in [5, 5.41) is 13.7. The van der Waals surface area contributed by atoms with E-state index in [1.54, 1.807) is 0 Å². The molecular weight excluding hydrogens is 350 g/mol. The number of aromatic nitrogens is 2. The lowest BCUT2D eigenvalue weighted by atomic mass is 9.78. The van der Waals surface area contributed by atoms with Crippen molar-refractivity contribution in [2.45, 2.75) is 82.7 Å². The molecule has 0 amide bonds. The molecule has 1 aromatic carbocycles. The number of rotatable bonds is 7. The Balaban J connectivity index is 1.53.